The lowest BCUT2D eigenvalue weighted by atomic mass is 10.2. The first kappa shape index (κ1) is 13.0. The normalized spacial score (nSPS) is 22.4. The van der Waals surface area contributed by atoms with Gasteiger partial charge in [0.05, 0.1) is 17.9 Å². The van der Waals surface area contributed by atoms with Gasteiger partial charge >= 0.3 is 0 Å². The average molecular weight is 259 g/mol. The summed E-state index contributed by atoms with van der Waals surface area (Å²) in [5.41, 5.74) is 1.06. The Hall–Kier alpha value is -1.48. The summed E-state index contributed by atoms with van der Waals surface area (Å²) in [6, 6.07) is 8.11. The summed E-state index contributed by atoms with van der Waals surface area (Å²) in [5, 5.41) is 1.28. The van der Waals surface area contributed by atoms with Gasteiger partial charge in [0.1, 0.15) is 10.8 Å². The Morgan fingerprint density at radius 1 is 1.33 bits per heavy atom. The fraction of sp³-hybridized carbons (Fsp3) is 0.267. The van der Waals surface area contributed by atoms with Gasteiger partial charge in [-0.2, -0.15) is 0 Å². The molecular formula is C15H17NOS. The van der Waals surface area contributed by atoms with E-state index in [4.69, 9.17) is 4.74 Å². The van der Waals surface area contributed by atoms with Crippen LogP contribution in [0.5, 0.6) is 5.75 Å². The van der Waals surface area contributed by atoms with Crippen LogP contribution in [0.4, 0.5) is 0 Å². The van der Waals surface area contributed by atoms with E-state index in [0.717, 1.165) is 16.4 Å². The Balaban J connectivity index is 2.32. The van der Waals surface area contributed by atoms with Crippen molar-refractivity contribution in [2.75, 3.05) is 6.61 Å². The Kier molecular flexibility index (Phi) is 4.26. The largest absolute Gasteiger partial charge is 0.493 e. The zero-order valence-corrected chi connectivity index (χ0v) is 11.3. The van der Waals surface area contributed by atoms with Crippen molar-refractivity contribution < 1.29 is 4.74 Å². The maximum atomic E-state index is 5.64. The van der Waals surface area contributed by atoms with E-state index in [-0.39, 0.29) is 11.3 Å². The van der Waals surface area contributed by atoms with E-state index in [0.29, 0.717) is 6.61 Å². The van der Waals surface area contributed by atoms with Crippen LogP contribution in [0.1, 0.15) is 12.5 Å². The van der Waals surface area contributed by atoms with Crippen LogP contribution in [0.3, 0.4) is 0 Å². The zero-order valence-electron chi connectivity index (χ0n) is 10.5. The highest BCUT2D eigenvalue weighted by Gasteiger charge is 2.27. The van der Waals surface area contributed by atoms with E-state index in [1.54, 1.807) is 11.8 Å². The van der Waals surface area contributed by atoms with E-state index in [1.807, 2.05) is 43.3 Å². The maximum absolute atomic E-state index is 5.64. The van der Waals surface area contributed by atoms with Gasteiger partial charge in [0.25, 0.3) is 0 Å². The molecule has 0 amide bonds. The number of rotatable bonds is 5. The molecule has 18 heavy (non-hydrogen) atoms. The molecule has 2 unspecified atom stereocenters. The molecule has 0 aliphatic carbocycles. The van der Waals surface area contributed by atoms with Crippen LogP contribution in [0.15, 0.2) is 54.6 Å². The van der Waals surface area contributed by atoms with Crippen molar-refractivity contribution in [1.82, 2.24) is 0 Å². The first-order valence-corrected chi connectivity index (χ1v) is 6.90. The van der Waals surface area contributed by atoms with E-state index < -0.39 is 0 Å². The van der Waals surface area contributed by atoms with Crippen LogP contribution >= 0.6 is 11.8 Å². The standard InChI is InChI=1S/C15H17NOS/c1-4-12-14(5-2)18-15(16-12)11-9-7-8-10-13(11)17-6-3/h4-5,7-10,12,14H,1-2,6H2,3H3. The minimum atomic E-state index is 0.109. The van der Waals surface area contributed by atoms with Crippen molar-refractivity contribution in [3.63, 3.8) is 0 Å². The van der Waals surface area contributed by atoms with E-state index >= 15 is 0 Å². The van der Waals surface area contributed by atoms with Crippen molar-refractivity contribution >= 4 is 16.8 Å². The summed E-state index contributed by atoms with van der Waals surface area (Å²) in [4.78, 5) is 4.68. The lowest BCUT2D eigenvalue weighted by Gasteiger charge is -2.09. The van der Waals surface area contributed by atoms with Gasteiger partial charge < -0.3 is 4.74 Å². The first-order chi connectivity index (χ1) is 8.80. The number of ether oxygens (including phenoxy) is 1. The molecule has 1 aromatic carbocycles. The molecule has 2 rings (SSSR count). The molecule has 1 aliphatic rings. The Labute approximate surface area is 112 Å². The second-order valence-electron chi connectivity index (χ2n) is 3.91. The highest BCUT2D eigenvalue weighted by Crippen LogP contribution is 2.34. The van der Waals surface area contributed by atoms with Crippen LogP contribution < -0.4 is 4.74 Å². The molecule has 0 saturated heterocycles. The summed E-state index contributed by atoms with van der Waals surface area (Å²) in [6.45, 7) is 10.3. The summed E-state index contributed by atoms with van der Waals surface area (Å²) in [5.74, 6) is 0.888. The molecule has 2 nitrogen and oxygen atoms in total. The number of aliphatic imine (C=N–C) groups is 1. The molecule has 1 aliphatic heterocycles. The summed E-state index contributed by atoms with van der Waals surface area (Å²) < 4.78 is 5.64. The van der Waals surface area contributed by atoms with Crippen LogP contribution in [0, 0.1) is 0 Å². The van der Waals surface area contributed by atoms with Crippen molar-refractivity contribution in [3.8, 4) is 5.75 Å². The van der Waals surface area contributed by atoms with Crippen LogP contribution in [-0.4, -0.2) is 22.9 Å². The van der Waals surface area contributed by atoms with E-state index in [2.05, 4.69) is 18.2 Å². The lowest BCUT2D eigenvalue weighted by Crippen LogP contribution is -2.10. The number of nitrogens with zero attached hydrogens (tertiary/aromatic N) is 1. The van der Waals surface area contributed by atoms with Gasteiger partial charge in [-0.1, -0.05) is 36.0 Å². The molecule has 1 heterocycles. The maximum Gasteiger partial charge on any atom is 0.129 e. The van der Waals surface area contributed by atoms with Crippen molar-refractivity contribution in [3.05, 3.63) is 55.1 Å². The number of para-hydroxylation sites is 1. The minimum Gasteiger partial charge on any atom is -0.493 e. The van der Waals surface area contributed by atoms with Gasteiger partial charge in [0.15, 0.2) is 0 Å². The monoisotopic (exact) mass is 259 g/mol. The van der Waals surface area contributed by atoms with Gasteiger partial charge in [-0.15, -0.1) is 13.2 Å². The molecule has 94 valence electrons. The number of benzene rings is 1. The smallest absolute Gasteiger partial charge is 0.129 e. The Morgan fingerprint density at radius 2 is 2.11 bits per heavy atom. The van der Waals surface area contributed by atoms with E-state index in [9.17, 15) is 0 Å². The molecule has 2 atom stereocenters. The third kappa shape index (κ3) is 2.51. The highest BCUT2D eigenvalue weighted by atomic mass is 32.2. The van der Waals surface area contributed by atoms with Gasteiger partial charge in [0, 0.05) is 5.56 Å². The predicted octanol–water partition coefficient (Wildman–Crippen LogP) is 3.69. The Bertz CT molecular complexity index is 481. The number of hydrogen-bond donors (Lipinski definition) is 0. The zero-order chi connectivity index (χ0) is 13.0. The predicted molar refractivity (Wildman–Crippen MR) is 79.7 cm³/mol. The molecule has 0 N–H and O–H groups in total. The molecule has 1 aromatic rings. The van der Waals surface area contributed by atoms with Crippen molar-refractivity contribution in [1.29, 1.82) is 0 Å². The first-order valence-electron chi connectivity index (χ1n) is 6.02. The SMILES string of the molecule is C=CC1N=C(c2ccccc2OCC)SC1C=C. The summed E-state index contributed by atoms with van der Waals surface area (Å²) in [7, 11) is 0. The molecular weight excluding hydrogens is 242 g/mol. The topological polar surface area (TPSA) is 21.6 Å². The fourth-order valence-electron chi connectivity index (χ4n) is 1.87. The van der Waals surface area contributed by atoms with Crippen molar-refractivity contribution in [2.24, 2.45) is 4.99 Å². The molecule has 0 aromatic heterocycles. The molecule has 0 fully saturated rings. The molecule has 0 saturated carbocycles. The highest BCUT2D eigenvalue weighted by molar-refractivity contribution is 8.15. The molecule has 0 bridgehead atoms. The molecule has 0 radical (unpaired) electrons. The number of thioether (sulfide) groups is 1. The van der Waals surface area contributed by atoms with Crippen LogP contribution in [0.25, 0.3) is 0 Å². The van der Waals surface area contributed by atoms with Crippen LogP contribution in [-0.2, 0) is 0 Å². The number of hydrogen-bond acceptors (Lipinski definition) is 3. The summed E-state index contributed by atoms with van der Waals surface area (Å²) >= 11 is 1.72. The second-order valence-corrected chi connectivity index (χ2v) is 5.07. The third-order valence-electron chi connectivity index (χ3n) is 2.74. The van der Waals surface area contributed by atoms with Gasteiger partial charge in [-0.3, -0.25) is 4.99 Å². The Morgan fingerprint density at radius 3 is 2.72 bits per heavy atom. The van der Waals surface area contributed by atoms with Gasteiger partial charge in [-0.05, 0) is 19.1 Å². The van der Waals surface area contributed by atoms with Gasteiger partial charge in [-0.25, -0.2) is 0 Å². The lowest BCUT2D eigenvalue weighted by molar-refractivity contribution is 0.339. The van der Waals surface area contributed by atoms with Crippen molar-refractivity contribution in [2.45, 2.75) is 18.2 Å². The summed E-state index contributed by atoms with van der Waals surface area (Å²) in [6.07, 6.45) is 3.80. The van der Waals surface area contributed by atoms with E-state index in [1.165, 1.54) is 0 Å². The van der Waals surface area contributed by atoms with Crippen LogP contribution in [0.2, 0.25) is 0 Å². The second kappa shape index (κ2) is 5.91. The minimum absolute atomic E-state index is 0.109. The quantitative estimate of drug-likeness (QED) is 0.752. The fourth-order valence-corrected chi connectivity index (χ4v) is 3.01. The molecule has 0 spiro atoms. The third-order valence-corrected chi connectivity index (χ3v) is 4.03. The average Bonchev–Trinajstić information content (AvgIpc) is 2.83. The van der Waals surface area contributed by atoms with Gasteiger partial charge in [0.2, 0.25) is 0 Å². The molecule has 3 heteroatoms.